The van der Waals surface area contributed by atoms with E-state index in [0.29, 0.717) is 0 Å². The molecule has 1 aromatic rings. The summed E-state index contributed by atoms with van der Waals surface area (Å²) in [5.41, 5.74) is -0.0850. The van der Waals surface area contributed by atoms with Gasteiger partial charge >= 0.3 is 5.97 Å². The number of rotatable bonds is 6. The molecular weight excluding hydrogens is 266 g/mol. The van der Waals surface area contributed by atoms with Crippen molar-refractivity contribution < 1.29 is 28.9 Å². The van der Waals surface area contributed by atoms with E-state index < -0.39 is 11.9 Å². The predicted molar refractivity (Wildman–Crippen MR) is 71.3 cm³/mol. The molecule has 0 unspecified atom stereocenters. The Bertz CT molecular complexity index is 552. The summed E-state index contributed by atoms with van der Waals surface area (Å²) in [5.74, 6) is -1.48. The monoisotopic (exact) mass is 281 g/mol. The second kappa shape index (κ2) is 6.46. The van der Waals surface area contributed by atoms with E-state index in [2.05, 4.69) is 16.6 Å². The maximum absolute atomic E-state index is 11.7. The maximum Gasteiger partial charge on any atom is 0.337 e. The van der Waals surface area contributed by atoms with Gasteiger partial charge in [0.1, 0.15) is 0 Å². The van der Waals surface area contributed by atoms with Crippen LogP contribution in [-0.4, -0.2) is 38.3 Å². The first-order valence-electron chi connectivity index (χ1n) is 5.48. The highest BCUT2D eigenvalue weighted by atomic mass is 16.5. The quantitative estimate of drug-likeness (QED) is 0.606. The molecule has 0 bridgehead atoms. The molecule has 0 saturated carbocycles. The second-order valence-corrected chi connectivity index (χ2v) is 3.64. The maximum atomic E-state index is 11.7. The third-order valence-electron chi connectivity index (χ3n) is 2.50. The van der Waals surface area contributed by atoms with Crippen LogP contribution in [-0.2, 0) is 9.53 Å². The van der Waals surface area contributed by atoms with E-state index >= 15 is 0 Å². The number of ether oxygens (including phenoxy) is 3. The van der Waals surface area contributed by atoms with Gasteiger partial charge in [0.05, 0.1) is 32.6 Å². The van der Waals surface area contributed by atoms with Gasteiger partial charge in [-0.2, -0.15) is 0 Å². The van der Waals surface area contributed by atoms with E-state index in [1.54, 1.807) is 0 Å². The molecule has 0 radical (unpaired) electrons. The molecule has 0 aromatic heterocycles. The lowest BCUT2D eigenvalue weighted by molar-refractivity contribution is -0.115. The number of amides is 1. The number of benzene rings is 1. The average molecular weight is 281 g/mol. The molecule has 0 heterocycles. The molecule has 0 spiro atoms. The number of aromatic carboxylic acids is 1. The van der Waals surface area contributed by atoms with Gasteiger partial charge in [-0.25, -0.2) is 4.79 Å². The number of hydrogen-bond acceptors (Lipinski definition) is 5. The molecule has 2 N–H and O–H groups in total. The zero-order valence-corrected chi connectivity index (χ0v) is 11.4. The summed E-state index contributed by atoms with van der Waals surface area (Å²) in [6.07, 6.45) is 0. The van der Waals surface area contributed by atoms with Crippen LogP contribution in [0.2, 0.25) is 0 Å². The number of carbonyl (C=O) groups is 2. The highest BCUT2D eigenvalue weighted by molar-refractivity contribution is 6.06. The van der Waals surface area contributed by atoms with Gasteiger partial charge in [-0.15, -0.1) is 0 Å². The first kappa shape index (κ1) is 15.4. The fraction of sp³-hybridized carbons (Fsp3) is 0.231. The Kier molecular flexibility index (Phi) is 4.96. The topological polar surface area (TPSA) is 94.1 Å². The highest BCUT2D eigenvalue weighted by Crippen LogP contribution is 2.33. The molecule has 1 amide bonds. The van der Waals surface area contributed by atoms with Gasteiger partial charge in [-0.3, -0.25) is 4.79 Å². The van der Waals surface area contributed by atoms with E-state index in [1.165, 1.54) is 33.5 Å². The summed E-state index contributed by atoms with van der Waals surface area (Å²) in [6, 6.07) is 2.61. The van der Waals surface area contributed by atoms with Crippen molar-refractivity contribution in [3.05, 3.63) is 30.0 Å². The molecule has 0 aliphatic heterocycles. The molecule has 1 aromatic carbocycles. The molecule has 0 fully saturated rings. The molecule has 0 aliphatic carbocycles. The Hall–Kier alpha value is -2.70. The number of hydrogen-bond donors (Lipinski definition) is 2. The normalized spacial score (nSPS) is 9.55. The van der Waals surface area contributed by atoms with Gasteiger partial charge < -0.3 is 24.6 Å². The van der Waals surface area contributed by atoms with Crippen LogP contribution in [0, 0.1) is 0 Å². The molecular formula is C13H15NO6. The number of nitrogens with one attached hydrogen (secondary N) is 1. The van der Waals surface area contributed by atoms with Crippen LogP contribution in [0.5, 0.6) is 11.5 Å². The van der Waals surface area contributed by atoms with Crippen LogP contribution in [0.25, 0.3) is 0 Å². The Morgan fingerprint density at radius 2 is 1.70 bits per heavy atom. The van der Waals surface area contributed by atoms with Gasteiger partial charge in [0, 0.05) is 12.1 Å². The lowest BCUT2D eigenvalue weighted by Gasteiger charge is -2.14. The van der Waals surface area contributed by atoms with E-state index in [-0.39, 0.29) is 28.5 Å². The number of carboxylic acids is 1. The van der Waals surface area contributed by atoms with Crippen molar-refractivity contribution in [3.8, 4) is 11.5 Å². The number of carbonyl (C=O) groups excluding carboxylic acids is 1. The van der Waals surface area contributed by atoms with Crippen LogP contribution in [0.15, 0.2) is 24.5 Å². The van der Waals surface area contributed by atoms with Crippen molar-refractivity contribution in [1.29, 1.82) is 0 Å². The van der Waals surface area contributed by atoms with E-state index in [9.17, 15) is 9.59 Å². The van der Waals surface area contributed by atoms with Gasteiger partial charge in [-0.1, -0.05) is 6.58 Å². The Morgan fingerprint density at radius 3 is 2.15 bits per heavy atom. The van der Waals surface area contributed by atoms with Crippen LogP contribution < -0.4 is 14.8 Å². The summed E-state index contributed by atoms with van der Waals surface area (Å²) < 4.78 is 14.7. The van der Waals surface area contributed by atoms with Gasteiger partial charge in [-0.05, 0) is 0 Å². The number of carboxylic acid groups (broad SMARTS) is 1. The third kappa shape index (κ3) is 3.19. The molecule has 108 valence electrons. The Balaban J connectivity index is 3.26. The number of anilines is 1. The Morgan fingerprint density at radius 1 is 1.15 bits per heavy atom. The van der Waals surface area contributed by atoms with Gasteiger partial charge in [0.2, 0.25) is 0 Å². The van der Waals surface area contributed by atoms with Crippen LogP contribution in [0.3, 0.4) is 0 Å². The summed E-state index contributed by atoms with van der Waals surface area (Å²) in [6.45, 7) is 3.38. The minimum atomic E-state index is -1.22. The zero-order chi connectivity index (χ0) is 15.3. The molecule has 0 atom stereocenters. The first-order chi connectivity index (χ1) is 9.44. The van der Waals surface area contributed by atoms with Crippen LogP contribution >= 0.6 is 0 Å². The molecule has 1 rings (SSSR count). The second-order valence-electron chi connectivity index (χ2n) is 3.64. The van der Waals surface area contributed by atoms with E-state index in [1.807, 2.05) is 0 Å². The van der Waals surface area contributed by atoms with E-state index in [0.717, 1.165) is 0 Å². The van der Waals surface area contributed by atoms with Crippen molar-refractivity contribution >= 4 is 17.6 Å². The average Bonchev–Trinajstić information content (AvgIpc) is 2.45. The summed E-state index contributed by atoms with van der Waals surface area (Å²) in [4.78, 5) is 22.9. The third-order valence-corrected chi connectivity index (χ3v) is 2.50. The standard InChI is InChI=1S/C13H15NO6/c1-7(18-2)12(15)14-9-6-11(20-4)10(19-3)5-8(9)13(16)17/h5-6H,1H2,2-4H3,(H,14,15)(H,16,17). The summed E-state index contributed by atoms with van der Waals surface area (Å²) >= 11 is 0. The molecule has 0 saturated heterocycles. The lowest BCUT2D eigenvalue weighted by atomic mass is 10.1. The minimum absolute atomic E-state index is 0.0540. The van der Waals surface area contributed by atoms with Gasteiger partial charge in [0.15, 0.2) is 17.3 Å². The van der Waals surface area contributed by atoms with Crippen molar-refractivity contribution in [1.82, 2.24) is 0 Å². The van der Waals surface area contributed by atoms with Crippen molar-refractivity contribution in [2.24, 2.45) is 0 Å². The van der Waals surface area contributed by atoms with Crippen molar-refractivity contribution in [3.63, 3.8) is 0 Å². The SMILES string of the molecule is C=C(OC)C(=O)Nc1cc(OC)c(OC)cc1C(=O)O. The Labute approximate surface area is 115 Å². The first-order valence-corrected chi connectivity index (χ1v) is 5.48. The zero-order valence-electron chi connectivity index (χ0n) is 11.4. The van der Waals surface area contributed by atoms with Crippen molar-refractivity contribution in [2.45, 2.75) is 0 Å². The lowest BCUT2D eigenvalue weighted by Crippen LogP contribution is -2.17. The predicted octanol–water partition coefficient (Wildman–Crippen LogP) is 1.50. The smallest absolute Gasteiger partial charge is 0.337 e. The van der Waals surface area contributed by atoms with Crippen LogP contribution in [0.1, 0.15) is 10.4 Å². The molecule has 20 heavy (non-hydrogen) atoms. The largest absolute Gasteiger partial charge is 0.493 e. The molecule has 0 aliphatic rings. The van der Waals surface area contributed by atoms with Gasteiger partial charge in [0.25, 0.3) is 5.91 Å². The fourth-order valence-corrected chi connectivity index (χ4v) is 1.44. The van der Waals surface area contributed by atoms with E-state index in [4.69, 9.17) is 14.6 Å². The fourth-order valence-electron chi connectivity index (χ4n) is 1.44. The molecule has 7 heteroatoms. The van der Waals surface area contributed by atoms with Crippen molar-refractivity contribution in [2.75, 3.05) is 26.6 Å². The van der Waals surface area contributed by atoms with Crippen LogP contribution in [0.4, 0.5) is 5.69 Å². The molecule has 7 nitrogen and oxygen atoms in total. The summed E-state index contributed by atoms with van der Waals surface area (Å²) in [5, 5.41) is 11.5. The highest BCUT2D eigenvalue weighted by Gasteiger charge is 2.19. The number of methoxy groups -OCH3 is 3. The summed E-state index contributed by atoms with van der Waals surface area (Å²) in [7, 11) is 4.07. The minimum Gasteiger partial charge on any atom is -0.493 e.